The second-order valence-corrected chi connectivity index (χ2v) is 7.61. The van der Waals surface area contributed by atoms with Crippen LogP contribution >= 0.6 is 0 Å². The zero-order valence-corrected chi connectivity index (χ0v) is 15.8. The molecule has 1 aliphatic carbocycles. The Morgan fingerprint density at radius 2 is 1.86 bits per heavy atom. The zero-order chi connectivity index (χ0) is 19.8. The number of rotatable bonds is 4. The molecule has 0 spiro atoms. The van der Waals surface area contributed by atoms with Gasteiger partial charge in [-0.25, -0.2) is 18.6 Å². The van der Waals surface area contributed by atoms with E-state index in [-0.39, 0.29) is 23.6 Å². The van der Waals surface area contributed by atoms with Crippen LogP contribution in [-0.4, -0.2) is 22.1 Å². The van der Waals surface area contributed by atoms with E-state index in [0.29, 0.717) is 5.82 Å². The van der Waals surface area contributed by atoms with Gasteiger partial charge in [0.05, 0.1) is 5.56 Å². The summed E-state index contributed by atoms with van der Waals surface area (Å²) in [6, 6.07) is 3.15. The average molecular weight is 388 g/mol. The number of halogens is 2. The lowest BCUT2D eigenvalue weighted by atomic mass is 9.98. The number of nitrogens with zero attached hydrogens (tertiary/aromatic N) is 3. The van der Waals surface area contributed by atoms with E-state index < -0.39 is 23.8 Å². The lowest BCUT2D eigenvalue weighted by molar-refractivity contribution is 0.0673. The number of fused-ring (bicyclic) bond motifs is 1. The largest absolute Gasteiger partial charge is 0.440 e. The number of aromatic nitrogens is 2. The number of carbonyl (C=O) groups is 1. The van der Waals surface area contributed by atoms with Gasteiger partial charge in [-0.1, -0.05) is 26.7 Å². The Morgan fingerprint density at radius 3 is 2.50 bits per heavy atom. The summed E-state index contributed by atoms with van der Waals surface area (Å²) >= 11 is 0. The van der Waals surface area contributed by atoms with Crippen molar-refractivity contribution in [3.05, 3.63) is 41.6 Å². The lowest BCUT2D eigenvalue weighted by Gasteiger charge is -2.37. The Labute approximate surface area is 161 Å². The topological polar surface area (TPSA) is 67.3 Å². The van der Waals surface area contributed by atoms with Crippen LogP contribution in [0.1, 0.15) is 51.2 Å². The normalized spacial score (nSPS) is 19.7. The number of nitrogens with one attached hydrogen (secondary N) is 1. The maximum absolute atomic E-state index is 13.5. The highest BCUT2D eigenvalue weighted by molar-refractivity contribution is 5.90. The van der Waals surface area contributed by atoms with Gasteiger partial charge in [-0.15, -0.1) is 0 Å². The molecule has 28 heavy (non-hydrogen) atoms. The Bertz CT molecular complexity index is 880. The summed E-state index contributed by atoms with van der Waals surface area (Å²) < 4.78 is 32.6. The van der Waals surface area contributed by atoms with Crippen molar-refractivity contribution < 1.29 is 18.3 Å². The summed E-state index contributed by atoms with van der Waals surface area (Å²) in [5.74, 6) is -0.652. The highest BCUT2D eigenvalue weighted by atomic mass is 19.1. The Hall–Kier alpha value is -2.77. The van der Waals surface area contributed by atoms with Gasteiger partial charge >= 0.3 is 6.09 Å². The summed E-state index contributed by atoms with van der Waals surface area (Å²) in [4.78, 5) is 23.2. The van der Waals surface area contributed by atoms with E-state index in [1.807, 2.05) is 13.8 Å². The van der Waals surface area contributed by atoms with Gasteiger partial charge in [-0.05, 0) is 30.9 Å². The first-order valence-corrected chi connectivity index (χ1v) is 9.52. The van der Waals surface area contributed by atoms with E-state index in [9.17, 15) is 13.6 Å². The van der Waals surface area contributed by atoms with E-state index in [1.165, 1.54) is 0 Å². The number of benzene rings is 1. The minimum Gasteiger partial charge on any atom is -0.440 e. The van der Waals surface area contributed by atoms with Gasteiger partial charge in [0.25, 0.3) is 0 Å². The Kier molecular flexibility index (Phi) is 4.87. The first-order chi connectivity index (χ1) is 13.4. The van der Waals surface area contributed by atoms with Gasteiger partial charge in [0.1, 0.15) is 17.7 Å². The maximum atomic E-state index is 13.5. The van der Waals surface area contributed by atoms with Gasteiger partial charge in [0.2, 0.25) is 5.95 Å². The fourth-order valence-electron chi connectivity index (χ4n) is 3.89. The second-order valence-electron chi connectivity index (χ2n) is 7.61. The third-order valence-electron chi connectivity index (χ3n) is 5.17. The minimum absolute atomic E-state index is 0.0359. The van der Waals surface area contributed by atoms with Crippen molar-refractivity contribution in [1.29, 1.82) is 0 Å². The number of carbonyl (C=O) groups excluding carboxylic acids is 1. The number of amides is 1. The average Bonchev–Trinajstić information content (AvgIpc) is 3.14. The van der Waals surface area contributed by atoms with Gasteiger partial charge in [0.15, 0.2) is 5.82 Å². The number of hydrogen-bond donors (Lipinski definition) is 1. The SMILES string of the molecule is CC(C)C1OC(=O)N(C2CCCC2)c2nc(Nc3cc(F)cc(F)c3)ncc21. The molecule has 0 saturated heterocycles. The van der Waals surface area contributed by atoms with E-state index in [1.54, 1.807) is 11.1 Å². The quantitative estimate of drug-likeness (QED) is 0.790. The highest BCUT2D eigenvalue weighted by Crippen LogP contribution is 2.41. The fourth-order valence-corrected chi connectivity index (χ4v) is 3.89. The molecule has 2 heterocycles. The van der Waals surface area contributed by atoms with Crippen LogP contribution in [-0.2, 0) is 4.74 Å². The van der Waals surface area contributed by atoms with Crippen LogP contribution in [0.25, 0.3) is 0 Å². The van der Waals surface area contributed by atoms with Crippen LogP contribution in [0.4, 0.5) is 31.0 Å². The molecule has 148 valence electrons. The third-order valence-corrected chi connectivity index (χ3v) is 5.17. The van der Waals surface area contributed by atoms with Crippen LogP contribution in [0.15, 0.2) is 24.4 Å². The van der Waals surface area contributed by atoms with Crippen LogP contribution in [0.5, 0.6) is 0 Å². The molecule has 1 aromatic carbocycles. The Balaban J connectivity index is 1.73. The first kappa shape index (κ1) is 18.6. The zero-order valence-electron chi connectivity index (χ0n) is 15.8. The van der Waals surface area contributed by atoms with E-state index in [0.717, 1.165) is 49.4 Å². The minimum atomic E-state index is -0.698. The van der Waals surface area contributed by atoms with Crippen molar-refractivity contribution in [3.63, 3.8) is 0 Å². The van der Waals surface area contributed by atoms with E-state index >= 15 is 0 Å². The molecule has 2 aliphatic rings. The molecule has 1 fully saturated rings. The molecule has 1 unspecified atom stereocenters. The molecule has 0 bridgehead atoms. The third kappa shape index (κ3) is 3.50. The monoisotopic (exact) mass is 388 g/mol. The van der Waals surface area contributed by atoms with Gasteiger partial charge in [-0.2, -0.15) is 4.98 Å². The van der Waals surface area contributed by atoms with Crippen molar-refractivity contribution in [1.82, 2.24) is 9.97 Å². The molecule has 6 nitrogen and oxygen atoms in total. The first-order valence-electron chi connectivity index (χ1n) is 9.52. The standard InChI is InChI=1S/C20H22F2N4O2/c1-11(2)17-16-10-23-19(24-14-8-12(21)7-13(22)9-14)25-18(16)26(20(27)28-17)15-5-3-4-6-15/h7-11,15,17H,3-6H2,1-2H3,(H,23,24,25). The second kappa shape index (κ2) is 7.33. The molecule has 4 rings (SSSR count). The van der Waals surface area contributed by atoms with Crippen LogP contribution in [0.2, 0.25) is 0 Å². The number of anilines is 3. The van der Waals surface area contributed by atoms with Gasteiger partial charge in [-0.3, -0.25) is 4.90 Å². The van der Waals surface area contributed by atoms with Crippen LogP contribution < -0.4 is 10.2 Å². The van der Waals surface area contributed by atoms with E-state index in [2.05, 4.69) is 15.3 Å². The van der Waals surface area contributed by atoms with Gasteiger partial charge in [0, 0.05) is 24.0 Å². The van der Waals surface area contributed by atoms with Crippen molar-refractivity contribution >= 4 is 23.5 Å². The molecule has 1 aliphatic heterocycles. The molecule has 1 aromatic heterocycles. The predicted molar refractivity (Wildman–Crippen MR) is 100 cm³/mol. The van der Waals surface area contributed by atoms with Crippen LogP contribution in [0.3, 0.4) is 0 Å². The van der Waals surface area contributed by atoms with Crippen molar-refractivity contribution in [3.8, 4) is 0 Å². The summed E-state index contributed by atoms with van der Waals surface area (Å²) in [6.07, 6.45) is 4.68. The molecule has 0 radical (unpaired) electrons. The van der Waals surface area contributed by atoms with Crippen LogP contribution in [0, 0.1) is 17.6 Å². The fraction of sp³-hybridized carbons (Fsp3) is 0.450. The summed E-state index contributed by atoms with van der Waals surface area (Å²) in [7, 11) is 0. The van der Waals surface area contributed by atoms with Crippen molar-refractivity contribution in [2.45, 2.75) is 51.7 Å². The van der Waals surface area contributed by atoms with Crippen molar-refractivity contribution in [2.75, 3.05) is 10.2 Å². The summed E-state index contributed by atoms with van der Waals surface area (Å²) in [6.45, 7) is 3.93. The molecular formula is C20H22F2N4O2. The molecule has 1 saturated carbocycles. The smallest absolute Gasteiger partial charge is 0.416 e. The molecule has 8 heteroatoms. The molecule has 1 amide bonds. The van der Waals surface area contributed by atoms with E-state index in [4.69, 9.17) is 4.74 Å². The number of hydrogen-bond acceptors (Lipinski definition) is 5. The molecule has 1 N–H and O–H groups in total. The highest BCUT2D eigenvalue weighted by Gasteiger charge is 2.40. The maximum Gasteiger partial charge on any atom is 0.416 e. The lowest BCUT2D eigenvalue weighted by Crippen LogP contribution is -2.45. The summed E-state index contributed by atoms with van der Waals surface area (Å²) in [5.41, 5.74) is 0.945. The number of ether oxygens (including phenoxy) is 1. The van der Waals surface area contributed by atoms with Gasteiger partial charge < -0.3 is 10.1 Å². The Morgan fingerprint density at radius 1 is 1.18 bits per heavy atom. The predicted octanol–water partition coefficient (Wildman–Crippen LogP) is 5.09. The molecule has 2 aromatic rings. The molecular weight excluding hydrogens is 366 g/mol. The molecule has 1 atom stereocenters. The summed E-state index contributed by atoms with van der Waals surface area (Å²) in [5, 5.41) is 2.82. The van der Waals surface area contributed by atoms with Crippen molar-refractivity contribution in [2.24, 2.45) is 5.92 Å². The number of cyclic esters (lactones) is 1.